The van der Waals surface area contributed by atoms with Crippen LogP contribution in [0.25, 0.3) is 11.0 Å². The lowest BCUT2D eigenvalue weighted by molar-refractivity contribution is 0.386. The van der Waals surface area contributed by atoms with Gasteiger partial charge < -0.3 is 9.72 Å². The van der Waals surface area contributed by atoms with E-state index in [-0.39, 0.29) is 0 Å². The molecule has 0 aliphatic rings. The average molecular weight is 176 g/mol. The summed E-state index contributed by atoms with van der Waals surface area (Å²) >= 11 is 0. The summed E-state index contributed by atoms with van der Waals surface area (Å²) in [5, 5.41) is 0. The zero-order valence-corrected chi connectivity index (χ0v) is 8.01. The van der Waals surface area contributed by atoms with Crippen LogP contribution in [0.4, 0.5) is 0 Å². The lowest BCUT2D eigenvalue weighted by Crippen LogP contribution is -1.82. The van der Waals surface area contributed by atoms with Crippen LogP contribution in [0, 0.1) is 13.8 Å². The first kappa shape index (κ1) is 8.10. The normalized spacial score (nSPS) is 10.7. The fourth-order valence-corrected chi connectivity index (χ4v) is 1.34. The van der Waals surface area contributed by atoms with Gasteiger partial charge in [-0.3, -0.25) is 0 Å². The molecule has 0 atom stereocenters. The van der Waals surface area contributed by atoms with E-state index in [1.54, 1.807) is 7.11 Å². The van der Waals surface area contributed by atoms with Gasteiger partial charge in [-0.1, -0.05) is 0 Å². The van der Waals surface area contributed by atoms with Gasteiger partial charge in [0.15, 0.2) is 0 Å². The molecule has 2 aromatic rings. The molecule has 13 heavy (non-hydrogen) atoms. The summed E-state index contributed by atoms with van der Waals surface area (Å²) in [4.78, 5) is 7.34. The number of H-pyrrole nitrogens is 1. The van der Waals surface area contributed by atoms with Crippen LogP contribution in [0.3, 0.4) is 0 Å². The number of nitrogens with one attached hydrogen (secondary N) is 1. The van der Waals surface area contributed by atoms with Crippen molar-refractivity contribution >= 4 is 11.0 Å². The molecule has 3 heteroatoms. The first-order valence-corrected chi connectivity index (χ1v) is 4.21. The Labute approximate surface area is 76.8 Å². The van der Waals surface area contributed by atoms with Crippen molar-refractivity contribution in [1.29, 1.82) is 0 Å². The minimum atomic E-state index is 0.569. The van der Waals surface area contributed by atoms with E-state index in [1.807, 2.05) is 0 Å². The van der Waals surface area contributed by atoms with Gasteiger partial charge in [-0.05, 0) is 37.1 Å². The summed E-state index contributed by atoms with van der Waals surface area (Å²) < 4.78 is 5.01. The third kappa shape index (κ3) is 1.26. The highest BCUT2D eigenvalue weighted by Gasteiger charge is 2.03. The Morgan fingerprint density at radius 1 is 1.23 bits per heavy atom. The average Bonchev–Trinajstić information content (AvgIpc) is 2.48. The van der Waals surface area contributed by atoms with E-state index in [4.69, 9.17) is 4.74 Å². The molecule has 0 spiro atoms. The number of ether oxygens (including phenoxy) is 1. The molecule has 1 N–H and O–H groups in total. The van der Waals surface area contributed by atoms with Crippen molar-refractivity contribution in [1.82, 2.24) is 9.97 Å². The van der Waals surface area contributed by atoms with E-state index < -0.39 is 0 Å². The quantitative estimate of drug-likeness (QED) is 0.723. The predicted octanol–water partition coefficient (Wildman–Crippen LogP) is 2.19. The summed E-state index contributed by atoms with van der Waals surface area (Å²) in [5.41, 5.74) is 4.50. The molecule has 0 aliphatic heterocycles. The molecule has 0 amide bonds. The van der Waals surface area contributed by atoms with Crippen molar-refractivity contribution in [2.75, 3.05) is 7.11 Å². The number of imidazole rings is 1. The number of aromatic amines is 1. The van der Waals surface area contributed by atoms with Crippen molar-refractivity contribution in [3.63, 3.8) is 0 Å². The molecule has 1 aromatic carbocycles. The zero-order chi connectivity index (χ0) is 9.42. The van der Waals surface area contributed by atoms with Gasteiger partial charge in [0.2, 0.25) is 0 Å². The van der Waals surface area contributed by atoms with Crippen molar-refractivity contribution < 1.29 is 4.74 Å². The van der Waals surface area contributed by atoms with Crippen molar-refractivity contribution in [3.05, 3.63) is 23.3 Å². The second-order valence-corrected chi connectivity index (χ2v) is 3.20. The Bertz CT molecular complexity index is 406. The van der Waals surface area contributed by atoms with Gasteiger partial charge in [0.1, 0.15) is 0 Å². The van der Waals surface area contributed by atoms with Crippen LogP contribution < -0.4 is 4.74 Å². The van der Waals surface area contributed by atoms with Gasteiger partial charge in [-0.25, -0.2) is 0 Å². The van der Waals surface area contributed by atoms with Crippen LogP contribution in [0.1, 0.15) is 11.1 Å². The Kier molecular flexibility index (Phi) is 1.72. The molecular weight excluding hydrogens is 164 g/mol. The lowest BCUT2D eigenvalue weighted by Gasteiger charge is -1.97. The molecule has 3 nitrogen and oxygen atoms in total. The molecule has 1 heterocycles. The smallest absolute Gasteiger partial charge is 0.294 e. The number of aromatic nitrogens is 2. The molecule has 0 radical (unpaired) electrons. The monoisotopic (exact) mass is 176 g/mol. The number of fused-ring (bicyclic) bond motifs is 1. The minimum Gasteiger partial charge on any atom is -0.468 e. The number of methoxy groups -OCH3 is 1. The predicted molar refractivity (Wildman–Crippen MR) is 52.1 cm³/mol. The second-order valence-electron chi connectivity index (χ2n) is 3.20. The van der Waals surface area contributed by atoms with Crippen LogP contribution in [-0.2, 0) is 0 Å². The van der Waals surface area contributed by atoms with Crippen LogP contribution in [0.2, 0.25) is 0 Å². The van der Waals surface area contributed by atoms with Crippen LogP contribution in [0.5, 0.6) is 6.01 Å². The largest absolute Gasteiger partial charge is 0.468 e. The van der Waals surface area contributed by atoms with Crippen molar-refractivity contribution in [2.45, 2.75) is 13.8 Å². The molecule has 0 saturated carbocycles. The van der Waals surface area contributed by atoms with Gasteiger partial charge >= 0.3 is 0 Å². The van der Waals surface area contributed by atoms with E-state index in [2.05, 4.69) is 35.9 Å². The van der Waals surface area contributed by atoms with E-state index in [1.165, 1.54) is 11.1 Å². The fraction of sp³-hybridized carbons (Fsp3) is 0.300. The van der Waals surface area contributed by atoms with E-state index in [0.717, 1.165) is 11.0 Å². The summed E-state index contributed by atoms with van der Waals surface area (Å²) in [7, 11) is 1.61. The van der Waals surface area contributed by atoms with Crippen LogP contribution in [-0.4, -0.2) is 17.1 Å². The number of rotatable bonds is 1. The fourth-order valence-electron chi connectivity index (χ4n) is 1.34. The Morgan fingerprint density at radius 3 is 2.62 bits per heavy atom. The van der Waals surface area contributed by atoms with Gasteiger partial charge in [-0.15, -0.1) is 0 Å². The van der Waals surface area contributed by atoms with Crippen LogP contribution >= 0.6 is 0 Å². The number of benzene rings is 1. The summed E-state index contributed by atoms with van der Waals surface area (Å²) in [6, 6.07) is 4.71. The first-order chi connectivity index (χ1) is 6.20. The van der Waals surface area contributed by atoms with Crippen molar-refractivity contribution in [2.24, 2.45) is 0 Å². The maximum atomic E-state index is 5.01. The molecule has 68 valence electrons. The summed E-state index contributed by atoms with van der Waals surface area (Å²) in [6.07, 6.45) is 0. The SMILES string of the molecule is COc1nc2cc(C)c(C)cc2[nH]1. The number of hydrogen-bond acceptors (Lipinski definition) is 2. The van der Waals surface area contributed by atoms with E-state index >= 15 is 0 Å². The standard InChI is InChI=1S/C10H12N2O/c1-6-4-8-9(5-7(6)2)12-10(11-8)13-3/h4-5H,1-3H3,(H,11,12). The first-order valence-electron chi connectivity index (χ1n) is 4.21. The molecule has 0 unspecified atom stereocenters. The zero-order valence-electron chi connectivity index (χ0n) is 8.01. The van der Waals surface area contributed by atoms with E-state index in [9.17, 15) is 0 Å². The highest BCUT2D eigenvalue weighted by Crippen LogP contribution is 2.19. The van der Waals surface area contributed by atoms with E-state index in [0.29, 0.717) is 6.01 Å². The molecule has 1 aromatic heterocycles. The Morgan fingerprint density at radius 2 is 1.92 bits per heavy atom. The van der Waals surface area contributed by atoms with Crippen molar-refractivity contribution in [3.8, 4) is 6.01 Å². The molecule has 2 rings (SSSR count). The Balaban J connectivity index is 2.70. The highest BCUT2D eigenvalue weighted by atomic mass is 16.5. The molecule has 0 fully saturated rings. The summed E-state index contributed by atoms with van der Waals surface area (Å²) in [6.45, 7) is 4.16. The third-order valence-corrected chi connectivity index (χ3v) is 2.27. The third-order valence-electron chi connectivity index (χ3n) is 2.27. The highest BCUT2D eigenvalue weighted by molar-refractivity contribution is 5.77. The van der Waals surface area contributed by atoms with Gasteiger partial charge in [0.25, 0.3) is 6.01 Å². The molecule has 0 aliphatic carbocycles. The maximum absolute atomic E-state index is 5.01. The topological polar surface area (TPSA) is 37.9 Å². The number of aryl methyl sites for hydroxylation is 2. The lowest BCUT2D eigenvalue weighted by atomic mass is 10.1. The molecule has 0 bridgehead atoms. The maximum Gasteiger partial charge on any atom is 0.294 e. The van der Waals surface area contributed by atoms with Crippen LogP contribution in [0.15, 0.2) is 12.1 Å². The minimum absolute atomic E-state index is 0.569. The summed E-state index contributed by atoms with van der Waals surface area (Å²) in [5.74, 6) is 0. The Hall–Kier alpha value is -1.51. The molecule has 0 saturated heterocycles. The molecular formula is C10H12N2O. The number of nitrogens with zero attached hydrogens (tertiary/aromatic N) is 1. The van der Waals surface area contributed by atoms with Gasteiger partial charge in [0.05, 0.1) is 18.1 Å². The van der Waals surface area contributed by atoms with Gasteiger partial charge in [0, 0.05) is 0 Å². The van der Waals surface area contributed by atoms with Gasteiger partial charge in [-0.2, -0.15) is 4.98 Å². The second kappa shape index (κ2) is 2.76. The number of hydrogen-bond donors (Lipinski definition) is 1.